The summed E-state index contributed by atoms with van der Waals surface area (Å²) >= 11 is 0. The Labute approximate surface area is 578 Å². The lowest BCUT2D eigenvalue weighted by atomic mass is 10.0. The molecule has 24 heteroatoms. The van der Waals surface area contributed by atoms with E-state index in [-0.39, 0.29) is 18.3 Å². The normalized spacial score (nSPS) is 15.5. The van der Waals surface area contributed by atoms with Gasteiger partial charge in [0.25, 0.3) is 0 Å². The predicted octanol–water partition coefficient (Wildman–Crippen LogP) is 12.7. The van der Waals surface area contributed by atoms with Crippen molar-refractivity contribution in [1.82, 2.24) is 89.5 Å². The van der Waals surface area contributed by atoms with Crippen molar-refractivity contribution in [2.75, 3.05) is 68.0 Å². The van der Waals surface area contributed by atoms with Crippen LogP contribution in [0, 0.1) is 20.8 Å². The number of piperidine rings is 3. The van der Waals surface area contributed by atoms with E-state index < -0.39 is 0 Å². The number of pyridine rings is 3. The summed E-state index contributed by atoms with van der Waals surface area (Å²) in [5.74, 6) is 4.56. The van der Waals surface area contributed by atoms with Crippen LogP contribution >= 0.6 is 0 Å². The summed E-state index contributed by atoms with van der Waals surface area (Å²) in [5.41, 5.74) is 10.8. The van der Waals surface area contributed by atoms with Crippen LogP contribution in [0.3, 0.4) is 0 Å². The standard InChI is InChI=1S/C26H33N7O.C25H31N7O.C24H29N7O/c1-5-32(25-23-24(28-15-27-23)29-16-30-25)14-20-13-19-8-6-7-18(4)22(19)26(31-20)34-21-9-11-33(12-10-21)17(2)3;1-16(2)32-10-8-20(9-11-32)33-25-21-17(3)6-5-7-18(21)12-19(30-25)13-31(4)24-22-23(27-14-26-22)28-15-29-24;1-15(2)31-9-7-19(8-10-31)32-24-20-16(3)5-4-6-17(20)11-18(30-24)12-25-22-21-23(27-13-26-21)29-14-28-22/h6-8,13,15-17,21H,5,9-12,14H2,1-4H3,(H,27,28,29,30);5-7,12,14-16,20H,8-11,13H2,1-4H3,(H,26,27,28,29);4-6,11,13-15,19H,7-10,12H2,1-3H3,(H2,25,26,27,28,29). The number of nitrogens with one attached hydrogen (secondary N) is 4. The van der Waals surface area contributed by atoms with Gasteiger partial charge in [-0.15, -0.1) is 0 Å². The van der Waals surface area contributed by atoms with Crippen molar-refractivity contribution >= 4 is 83.3 Å². The van der Waals surface area contributed by atoms with Gasteiger partial charge in [-0.3, -0.25) is 0 Å². The Bertz CT molecular complexity index is 4700. The fourth-order valence-corrected chi connectivity index (χ4v) is 14.0. The van der Waals surface area contributed by atoms with Gasteiger partial charge in [0.15, 0.2) is 34.4 Å². The second-order valence-corrected chi connectivity index (χ2v) is 27.3. The average Bonchev–Trinajstić information content (AvgIpc) is 1.49. The minimum Gasteiger partial charge on any atom is -0.474 e. The van der Waals surface area contributed by atoms with Crippen LogP contribution in [0.15, 0.2) is 111 Å². The van der Waals surface area contributed by atoms with E-state index in [2.05, 4.69) is 232 Å². The number of fused-ring (bicyclic) bond motifs is 6. The van der Waals surface area contributed by atoms with Crippen molar-refractivity contribution in [2.24, 2.45) is 0 Å². The molecular formula is C75H93N21O3. The van der Waals surface area contributed by atoms with Gasteiger partial charge in [-0.25, -0.2) is 59.8 Å². The van der Waals surface area contributed by atoms with Gasteiger partial charge in [-0.05, 0) is 159 Å². The minimum atomic E-state index is 0.189. The lowest BCUT2D eigenvalue weighted by Crippen LogP contribution is -2.41. The van der Waals surface area contributed by atoms with Gasteiger partial charge in [-0.1, -0.05) is 54.6 Å². The molecule has 15 rings (SSSR count). The van der Waals surface area contributed by atoms with Gasteiger partial charge in [0.1, 0.15) is 53.8 Å². The number of hydrogen-bond donors (Lipinski definition) is 4. The number of nitrogens with zero attached hydrogens (tertiary/aromatic N) is 17. The summed E-state index contributed by atoms with van der Waals surface area (Å²) in [7, 11) is 2.01. The Morgan fingerprint density at radius 3 is 1.27 bits per heavy atom. The molecule has 3 aliphatic rings. The summed E-state index contributed by atoms with van der Waals surface area (Å²) in [4.78, 5) is 74.9. The number of imidazole rings is 3. The van der Waals surface area contributed by atoms with E-state index in [1.54, 1.807) is 31.6 Å². The van der Waals surface area contributed by atoms with E-state index in [1.165, 1.54) is 23.0 Å². The zero-order valence-corrected chi connectivity index (χ0v) is 59.0. The molecule has 0 saturated carbocycles. The first kappa shape index (κ1) is 67.8. The van der Waals surface area contributed by atoms with Crippen molar-refractivity contribution < 1.29 is 14.2 Å². The topological polar surface area (TPSA) is 258 Å². The van der Waals surface area contributed by atoms with Gasteiger partial charge in [0.05, 0.1) is 55.7 Å². The monoisotopic (exact) mass is 1340 g/mol. The molecule has 0 amide bonds. The third-order valence-corrected chi connectivity index (χ3v) is 19.6. The number of aromatic nitrogens is 15. The molecule has 12 aromatic rings. The van der Waals surface area contributed by atoms with Crippen LogP contribution in [0.1, 0.15) is 121 Å². The van der Waals surface area contributed by atoms with Crippen molar-refractivity contribution in [1.29, 1.82) is 0 Å². The van der Waals surface area contributed by atoms with Crippen LogP contribution in [0.4, 0.5) is 17.5 Å². The Kier molecular flexibility index (Phi) is 20.9. The largest absolute Gasteiger partial charge is 0.474 e. The van der Waals surface area contributed by atoms with Crippen molar-refractivity contribution in [3.05, 3.63) is 145 Å². The zero-order valence-electron chi connectivity index (χ0n) is 59.0. The molecule has 0 unspecified atom stereocenters. The highest BCUT2D eigenvalue weighted by Gasteiger charge is 2.28. The second kappa shape index (κ2) is 30.5. The number of benzene rings is 3. The number of hydrogen-bond acceptors (Lipinski definition) is 21. The van der Waals surface area contributed by atoms with Crippen LogP contribution in [-0.2, 0) is 19.6 Å². The predicted molar refractivity (Wildman–Crippen MR) is 392 cm³/mol. The highest BCUT2D eigenvalue weighted by atomic mass is 16.5. The highest BCUT2D eigenvalue weighted by molar-refractivity contribution is 5.93. The maximum absolute atomic E-state index is 6.60. The van der Waals surface area contributed by atoms with Crippen molar-refractivity contribution in [3.63, 3.8) is 0 Å². The summed E-state index contributed by atoms with van der Waals surface area (Å²) in [5, 5.41) is 10.1. The Morgan fingerprint density at radius 1 is 0.465 bits per heavy atom. The van der Waals surface area contributed by atoms with Crippen LogP contribution < -0.4 is 29.3 Å². The molecule has 516 valence electrons. The number of ether oxygens (including phenoxy) is 3. The van der Waals surface area contributed by atoms with Crippen LogP contribution in [0.25, 0.3) is 65.8 Å². The van der Waals surface area contributed by atoms with E-state index in [0.717, 1.165) is 180 Å². The Morgan fingerprint density at radius 2 is 0.838 bits per heavy atom. The molecule has 4 N–H and O–H groups in total. The Balaban J connectivity index is 0.000000133. The summed E-state index contributed by atoms with van der Waals surface area (Å²) in [6.45, 7) is 30.9. The number of anilines is 3. The third-order valence-electron chi connectivity index (χ3n) is 19.6. The molecule has 3 aliphatic heterocycles. The van der Waals surface area contributed by atoms with Gasteiger partial charge in [0, 0.05) is 87.1 Å². The lowest BCUT2D eigenvalue weighted by molar-refractivity contribution is 0.0820. The first-order chi connectivity index (χ1) is 48.1. The van der Waals surface area contributed by atoms with E-state index in [9.17, 15) is 0 Å². The fourth-order valence-electron chi connectivity index (χ4n) is 14.0. The molecule has 9 aromatic heterocycles. The molecule has 12 heterocycles. The number of H-pyrrole nitrogens is 3. The van der Waals surface area contributed by atoms with E-state index in [0.29, 0.717) is 60.5 Å². The molecule has 0 spiro atoms. The molecule has 0 atom stereocenters. The summed E-state index contributed by atoms with van der Waals surface area (Å²) < 4.78 is 19.7. The number of aryl methyl sites for hydroxylation is 3. The average molecular weight is 1340 g/mol. The number of rotatable bonds is 19. The van der Waals surface area contributed by atoms with E-state index in [4.69, 9.17) is 29.2 Å². The number of likely N-dealkylation sites (tertiary alicyclic amines) is 3. The van der Waals surface area contributed by atoms with Crippen LogP contribution in [-0.4, -0.2) is 179 Å². The van der Waals surface area contributed by atoms with Crippen molar-refractivity contribution in [3.8, 4) is 17.6 Å². The lowest BCUT2D eigenvalue weighted by Gasteiger charge is -2.34. The quantitative estimate of drug-likeness (QED) is 0.0586. The zero-order chi connectivity index (χ0) is 68.7. The molecule has 0 radical (unpaired) electrons. The van der Waals surface area contributed by atoms with Gasteiger partial charge in [-0.2, -0.15) is 0 Å². The van der Waals surface area contributed by atoms with Gasteiger partial charge in [0.2, 0.25) is 17.6 Å². The van der Waals surface area contributed by atoms with Gasteiger partial charge < -0.3 is 59.0 Å². The molecule has 3 aromatic carbocycles. The van der Waals surface area contributed by atoms with Crippen LogP contribution in [0.2, 0.25) is 0 Å². The first-order valence-corrected chi connectivity index (χ1v) is 35.1. The molecule has 3 saturated heterocycles. The highest BCUT2D eigenvalue weighted by Crippen LogP contribution is 2.36. The molecule has 0 aliphatic carbocycles. The smallest absolute Gasteiger partial charge is 0.222 e. The maximum atomic E-state index is 6.60. The first-order valence-electron chi connectivity index (χ1n) is 35.1. The van der Waals surface area contributed by atoms with Gasteiger partial charge >= 0.3 is 0 Å². The summed E-state index contributed by atoms with van der Waals surface area (Å²) in [6.07, 6.45) is 16.3. The molecule has 0 bridgehead atoms. The molecule has 24 nitrogen and oxygen atoms in total. The van der Waals surface area contributed by atoms with E-state index in [1.807, 2.05) is 7.05 Å². The third kappa shape index (κ3) is 15.6. The Hall–Kier alpha value is -9.78. The minimum absolute atomic E-state index is 0.189. The molecular weight excluding hydrogens is 1240 g/mol. The SMILES string of the molecule is CCN(Cc1cc2cccc(C)c2c(OC2CCN(C(C)C)CC2)n1)c1ncnc2nc[nH]c12.Cc1cccc2cc(CN(C)c3ncnc4nc[nH]c34)nc(OC3CCN(C(C)C)CC3)c12.Cc1cccc2cc(CNc3ncnc4nc[nH]c34)nc(OC3CCN(C(C)C)CC3)c12. The second-order valence-electron chi connectivity index (χ2n) is 27.3. The maximum Gasteiger partial charge on any atom is 0.222 e. The summed E-state index contributed by atoms with van der Waals surface area (Å²) in [6, 6.07) is 27.2. The fraction of sp³-hybridized carbons (Fsp3) is 0.440. The van der Waals surface area contributed by atoms with E-state index >= 15 is 0 Å². The molecule has 3 fully saturated rings. The van der Waals surface area contributed by atoms with Crippen LogP contribution in [0.5, 0.6) is 17.6 Å². The van der Waals surface area contributed by atoms with Crippen molar-refractivity contribution in [2.45, 2.75) is 164 Å². The molecule has 99 heavy (non-hydrogen) atoms. The number of aromatic amines is 3.